The highest BCUT2D eigenvalue weighted by Crippen LogP contribution is 2.30. The van der Waals surface area contributed by atoms with Gasteiger partial charge in [-0.05, 0) is 50.6 Å². The van der Waals surface area contributed by atoms with Crippen LogP contribution in [0.2, 0.25) is 0 Å². The Morgan fingerprint density at radius 1 is 1.37 bits per heavy atom. The normalized spacial score (nSPS) is 11.5. The molecule has 0 saturated heterocycles. The summed E-state index contributed by atoms with van der Waals surface area (Å²) >= 11 is 4.35. The molecule has 0 aliphatic rings. The van der Waals surface area contributed by atoms with Crippen LogP contribution < -0.4 is 0 Å². The van der Waals surface area contributed by atoms with Gasteiger partial charge in [-0.25, -0.2) is 12.8 Å². The number of thiophene rings is 1. The zero-order valence-corrected chi connectivity index (χ0v) is 13.0. The van der Waals surface area contributed by atoms with Crippen molar-refractivity contribution >= 4 is 42.7 Å². The molecule has 0 aliphatic carbocycles. The zero-order chi connectivity index (χ0) is 14.0. The number of hydrogen-bond acceptors (Lipinski definition) is 3. The smallest absolute Gasteiger partial charge is 0.193 e. The van der Waals surface area contributed by atoms with E-state index in [1.54, 1.807) is 17.5 Å². The fraction of sp³-hybridized carbons (Fsp3) is 0.0769. The molecule has 1 aromatic carbocycles. The van der Waals surface area contributed by atoms with Gasteiger partial charge in [0.1, 0.15) is 10.0 Å². The van der Waals surface area contributed by atoms with Crippen LogP contribution in [0.3, 0.4) is 0 Å². The number of benzene rings is 1. The molecular formula is C13H10BrFO2S2. The highest BCUT2D eigenvalue weighted by atomic mass is 79.9. The summed E-state index contributed by atoms with van der Waals surface area (Å²) in [6, 6.07) is 7.44. The van der Waals surface area contributed by atoms with E-state index >= 15 is 0 Å². The van der Waals surface area contributed by atoms with Crippen molar-refractivity contribution in [3.63, 3.8) is 0 Å². The van der Waals surface area contributed by atoms with Crippen molar-refractivity contribution in [1.82, 2.24) is 0 Å². The van der Waals surface area contributed by atoms with Crippen molar-refractivity contribution in [2.45, 2.75) is 4.21 Å². The molecule has 0 N–H and O–H groups in total. The summed E-state index contributed by atoms with van der Waals surface area (Å²) in [4.78, 5) is 0. The third kappa shape index (κ3) is 3.32. The van der Waals surface area contributed by atoms with Crippen LogP contribution in [0, 0.1) is 5.82 Å². The van der Waals surface area contributed by atoms with Gasteiger partial charge in [-0.15, -0.1) is 11.3 Å². The minimum Gasteiger partial charge on any atom is -0.222 e. The van der Waals surface area contributed by atoms with Gasteiger partial charge < -0.3 is 0 Å². The maximum absolute atomic E-state index is 13.1. The SMILES string of the molecule is C=C(CS(=O)(=O)c1sccc1Br)c1cccc(F)c1. The van der Waals surface area contributed by atoms with E-state index in [0.29, 0.717) is 15.6 Å². The Bertz CT molecular complexity index is 720. The fourth-order valence-electron chi connectivity index (χ4n) is 1.59. The second-order valence-corrected chi connectivity index (χ2v) is 7.88. The summed E-state index contributed by atoms with van der Waals surface area (Å²) in [5, 5.41) is 1.70. The molecule has 19 heavy (non-hydrogen) atoms. The third-order valence-corrected chi connectivity index (χ3v) is 6.92. The average molecular weight is 361 g/mol. The van der Waals surface area contributed by atoms with Crippen molar-refractivity contribution in [3.8, 4) is 0 Å². The molecular weight excluding hydrogens is 351 g/mol. The Kier molecular flexibility index (Phi) is 4.23. The number of sulfone groups is 1. The molecule has 0 fully saturated rings. The Labute approximate surface area is 123 Å². The lowest BCUT2D eigenvalue weighted by atomic mass is 10.1. The first-order chi connectivity index (χ1) is 8.90. The minimum atomic E-state index is -3.46. The molecule has 0 atom stereocenters. The van der Waals surface area contributed by atoms with Crippen LogP contribution in [-0.4, -0.2) is 14.2 Å². The summed E-state index contributed by atoms with van der Waals surface area (Å²) in [7, 11) is -3.46. The molecule has 1 heterocycles. The Hall–Kier alpha value is -0.980. The lowest BCUT2D eigenvalue weighted by Gasteiger charge is -2.07. The fourth-order valence-corrected chi connectivity index (χ4v) is 5.48. The van der Waals surface area contributed by atoms with Crippen molar-refractivity contribution in [2.24, 2.45) is 0 Å². The Balaban J connectivity index is 2.27. The van der Waals surface area contributed by atoms with Gasteiger partial charge in [0.2, 0.25) is 0 Å². The van der Waals surface area contributed by atoms with Gasteiger partial charge >= 0.3 is 0 Å². The summed E-state index contributed by atoms with van der Waals surface area (Å²) in [5.74, 6) is -0.636. The van der Waals surface area contributed by atoms with Crippen LogP contribution in [0.15, 0.2) is 51.0 Å². The lowest BCUT2D eigenvalue weighted by molar-refractivity contribution is 0.601. The molecule has 2 nitrogen and oxygen atoms in total. The highest BCUT2D eigenvalue weighted by Gasteiger charge is 2.21. The van der Waals surface area contributed by atoms with Crippen LogP contribution in [0.1, 0.15) is 5.56 Å². The van der Waals surface area contributed by atoms with E-state index in [4.69, 9.17) is 0 Å². The van der Waals surface area contributed by atoms with E-state index < -0.39 is 15.7 Å². The second kappa shape index (κ2) is 5.56. The number of hydrogen-bond donors (Lipinski definition) is 0. The molecule has 1 aromatic heterocycles. The molecule has 0 amide bonds. The monoisotopic (exact) mass is 360 g/mol. The van der Waals surface area contributed by atoms with E-state index in [1.165, 1.54) is 18.2 Å². The largest absolute Gasteiger partial charge is 0.222 e. The molecule has 0 saturated carbocycles. The first-order valence-corrected chi connectivity index (χ1v) is 8.62. The van der Waals surface area contributed by atoms with Gasteiger partial charge in [0.25, 0.3) is 0 Å². The Morgan fingerprint density at radius 3 is 2.68 bits per heavy atom. The lowest BCUT2D eigenvalue weighted by Crippen LogP contribution is -2.07. The molecule has 0 radical (unpaired) electrons. The van der Waals surface area contributed by atoms with Gasteiger partial charge in [0.05, 0.1) is 5.75 Å². The first-order valence-electron chi connectivity index (χ1n) is 5.29. The van der Waals surface area contributed by atoms with E-state index in [0.717, 1.165) is 11.3 Å². The van der Waals surface area contributed by atoms with E-state index in [-0.39, 0.29) is 9.96 Å². The van der Waals surface area contributed by atoms with Crippen molar-refractivity contribution in [2.75, 3.05) is 5.75 Å². The topological polar surface area (TPSA) is 34.1 Å². The first kappa shape index (κ1) is 14.4. The predicted molar refractivity (Wildman–Crippen MR) is 79.5 cm³/mol. The summed E-state index contributed by atoms with van der Waals surface area (Å²) in [5.41, 5.74) is 0.871. The quantitative estimate of drug-likeness (QED) is 0.820. The zero-order valence-electron chi connectivity index (χ0n) is 9.77. The van der Waals surface area contributed by atoms with Gasteiger partial charge in [-0.3, -0.25) is 0 Å². The predicted octanol–water partition coefficient (Wildman–Crippen LogP) is 4.14. The summed E-state index contributed by atoms with van der Waals surface area (Å²) in [6.07, 6.45) is 0. The number of rotatable bonds is 4. The highest BCUT2D eigenvalue weighted by molar-refractivity contribution is 9.10. The maximum Gasteiger partial charge on any atom is 0.193 e. The van der Waals surface area contributed by atoms with Crippen LogP contribution in [-0.2, 0) is 9.84 Å². The molecule has 0 spiro atoms. The summed E-state index contributed by atoms with van der Waals surface area (Å²) < 4.78 is 38.3. The number of halogens is 2. The van der Waals surface area contributed by atoms with E-state index in [9.17, 15) is 12.8 Å². The summed E-state index contributed by atoms with van der Waals surface area (Å²) in [6.45, 7) is 3.73. The van der Waals surface area contributed by atoms with Gasteiger partial charge in [0.15, 0.2) is 9.84 Å². The van der Waals surface area contributed by atoms with Gasteiger partial charge in [0, 0.05) is 4.47 Å². The molecule has 0 bridgehead atoms. The van der Waals surface area contributed by atoms with Crippen molar-refractivity contribution in [1.29, 1.82) is 0 Å². The standard InChI is InChI=1S/C13H10BrFO2S2/c1-9(10-3-2-4-11(15)7-10)8-19(16,17)13-12(14)5-6-18-13/h2-7H,1,8H2. The van der Waals surface area contributed by atoms with Crippen molar-refractivity contribution in [3.05, 3.63) is 58.1 Å². The molecule has 0 aliphatic heterocycles. The van der Waals surface area contributed by atoms with Crippen LogP contribution >= 0.6 is 27.3 Å². The average Bonchev–Trinajstić information content (AvgIpc) is 2.75. The van der Waals surface area contributed by atoms with Crippen molar-refractivity contribution < 1.29 is 12.8 Å². The van der Waals surface area contributed by atoms with E-state index in [2.05, 4.69) is 22.5 Å². The molecule has 2 aromatic rings. The maximum atomic E-state index is 13.1. The second-order valence-electron chi connectivity index (χ2n) is 3.93. The molecule has 100 valence electrons. The third-order valence-electron chi connectivity index (χ3n) is 2.46. The molecule has 2 rings (SSSR count). The van der Waals surface area contributed by atoms with Crippen LogP contribution in [0.4, 0.5) is 4.39 Å². The van der Waals surface area contributed by atoms with E-state index in [1.807, 2.05) is 0 Å². The molecule has 0 unspecified atom stereocenters. The minimum absolute atomic E-state index is 0.227. The van der Waals surface area contributed by atoms with Crippen LogP contribution in [0.5, 0.6) is 0 Å². The van der Waals surface area contributed by atoms with Crippen LogP contribution in [0.25, 0.3) is 5.57 Å². The van der Waals surface area contributed by atoms with Gasteiger partial charge in [-0.1, -0.05) is 18.7 Å². The molecule has 6 heteroatoms. The Morgan fingerprint density at radius 2 is 2.11 bits per heavy atom. The van der Waals surface area contributed by atoms with Gasteiger partial charge in [-0.2, -0.15) is 0 Å².